The van der Waals surface area contributed by atoms with Crippen LogP contribution in [0.1, 0.15) is 32.1 Å². The van der Waals surface area contributed by atoms with Crippen molar-refractivity contribution in [2.75, 3.05) is 19.0 Å². The summed E-state index contributed by atoms with van der Waals surface area (Å²) in [7, 11) is 0. The Morgan fingerprint density at radius 1 is 1.17 bits per heavy atom. The zero-order valence-electron chi connectivity index (χ0n) is 7.52. The predicted octanol–water partition coefficient (Wildman–Crippen LogP) is 3.01. The van der Waals surface area contributed by atoms with Gasteiger partial charge in [0.1, 0.15) is 0 Å². The third-order valence-corrected chi connectivity index (χ3v) is 2.72. The zero-order chi connectivity index (χ0) is 7.94. The molecule has 1 saturated heterocycles. The van der Waals surface area contributed by atoms with Crippen LogP contribution in [-0.2, 0) is 0 Å². The number of piperidine rings is 1. The molecule has 3 heteroatoms. The number of unbranched alkanes of at least 4 members (excludes halogenated alkanes) is 1. The molecule has 1 fully saturated rings. The molecule has 0 atom stereocenters. The molecule has 74 valence electrons. The third-order valence-electron chi connectivity index (χ3n) is 2.45. The molecule has 0 aromatic carbocycles. The highest BCUT2D eigenvalue weighted by Gasteiger charge is 2.11. The van der Waals surface area contributed by atoms with Crippen LogP contribution in [0.15, 0.2) is 0 Å². The molecule has 0 unspecified atom stereocenters. The fourth-order valence-corrected chi connectivity index (χ4v) is 1.89. The molecule has 1 nitrogen and oxygen atoms in total. The average molecular weight is 304 g/mol. The average Bonchev–Trinajstić information content (AvgIpc) is 2.07. The zero-order valence-corrected chi connectivity index (χ0v) is 10.6. The minimum Gasteiger partial charge on any atom is -0.317 e. The van der Waals surface area contributed by atoms with Crippen molar-refractivity contribution in [2.24, 2.45) is 5.92 Å². The summed E-state index contributed by atoms with van der Waals surface area (Å²) < 4.78 is 0. The molecule has 1 heterocycles. The Labute approximate surface area is 97.6 Å². The van der Waals surface area contributed by atoms with Crippen molar-refractivity contribution in [3.63, 3.8) is 0 Å². The van der Waals surface area contributed by atoms with Crippen LogP contribution in [-0.4, -0.2) is 19.0 Å². The highest BCUT2D eigenvalue weighted by Crippen LogP contribution is 2.18. The Morgan fingerprint density at radius 2 is 1.83 bits per heavy atom. The molecule has 0 amide bonds. The fraction of sp³-hybridized carbons (Fsp3) is 1.00. The van der Waals surface area contributed by atoms with Gasteiger partial charge in [0.05, 0.1) is 0 Å². The molecule has 0 bridgehead atoms. The van der Waals surface area contributed by atoms with Gasteiger partial charge in [0, 0.05) is 5.88 Å². The summed E-state index contributed by atoms with van der Waals surface area (Å²) in [4.78, 5) is 0. The van der Waals surface area contributed by atoms with Gasteiger partial charge >= 0.3 is 0 Å². The quantitative estimate of drug-likeness (QED) is 0.478. The van der Waals surface area contributed by atoms with E-state index >= 15 is 0 Å². The van der Waals surface area contributed by atoms with Gasteiger partial charge in [-0.15, -0.1) is 35.6 Å². The van der Waals surface area contributed by atoms with Crippen LogP contribution in [0.5, 0.6) is 0 Å². The second-order valence-electron chi connectivity index (χ2n) is 3.38. The number of nitrogens with one attached hydrogen (secondary N) is 1. The number of alkyl halides is 1. The standard InChI is InChI=1S/C9H18ClN.HI/c10-6-2-1-3-9-4-7-11-8-5-9;/h9,11H,1-8H2;1H. The maximum atomic E-state index is 5.61. The van der Waals surface area contributed by atoms with Crippen LogP contribution < -0.4 is 5.32 Å². The topological polar surface area (TPSA) is 12.0 Å². The lowest BCUT2D eigenvalue weighted by molar-refractivity contribution is 0.346. The van der Waals surface area contributed by atoms with E-state index in [1.54, 1.807) is 0 Å². The molecular formula is C9H19ClIN. The van der Waals surface area contributed by atoms with Gasteiger partial charge < -0.3 is 5.32 Å². The van der Waals surface area contributed by atoms with E-state index in [4.69, 9.17) is 11.6 Å². The Kier molecular flexibility index (Phi) is 9.27. The van der Waals surface area contributed by atoms with E-state index in [1.807, 2.05) is 0 Å². The summed E-state index contributed by atoms with van der Waals surface area (Å²) in [6, 6.07) is 0. The molecule has 0 aromatic rings. The molecule has 1 aliphatic heterocycles. The molecule has 12 heavy (non-hydrogen) atoms. The predicted molar refractivity (Wildman–Crippen MR) is 65.6 cm³/mol. The highest BCUT2D eigenvalue weighted by molar-refractivity contribution is 14.0. The summed E-state index contributed by atoms with van der Waals surface area (Å²) in [6.45, 7) is 2.46. The van der Waals surface area contributed by atoms with Gasteiger partial charge in [-0.25, -0.2) is 0 Å². The van der Waals surface area contributed by atoms with Crippen LogP contribution in [0.3, 0.4) is 0 Å². The normalized spacial score (nSPS) is 18.8. The molecule has 0 aromatic heterocycles. The van der Waals surface area contributed by atoms with Crippen molar-refractivity contribution < 1.29 is 0 Å². The largest absolute Gasteiger partial charge is 0.317 e. The van der Waals surface area contributed by atoms with E-state index in [0.29, 0.717) is 0 Å². The Hall–Kier alpha value is 0.980. The fourth-order valence-electron chi connectivity index (χ4n) is 1.70. The summed E-state index contributed by atoms with van der Waals surface area (Å²) >= 11 is 5.61. The van der Waals surface area contributed by atoms with Crippen molar-refractivity contribution >= 4 is 35.6 Å². The van der Waals surface area contributed by atoms with Crippen LogP contribution >= 0.6 is 35.6 Å². The van der Waals surface area contributed by atoms with Gasteiger partial charge in [-0.05, 0) is 38.3 Å². The second kappa shape index (κ2) is 8.57. The Bertz CT molecular complexity index is 94.5. The monoisotopic (exact) mass is 303 g/mol. The summed E-state index contributed by atoms with van der Waals surface area (Å²) in [6.07, 6.45) is 6.68. The van der Waals surface area contributed by atoms with E-state index < -0.39 is 0 Å². The minimum atomic E-state index is 0. The summed E-state index contributed by atoms with van der Waals surface area (Å²) in [5.74, 6) is 1.82. The first-order valence-electron chi connectivity index (χ1n) is 4.70. The summed E-state index contributed by atoms with van der Waals surface area (Å²) in [5.41, 5.74) is 0. The van der Waals surface area contributed by atoms with E-state index in [9.17, 15) is 0 Å². The van der Waals surface area contributed by atoms with E-state index in [0.717, 1.165) is 11.8 Å². The van der Waals surface area contributed by atoms with Crippen molar-refractivity contribution in [2.45, 2.75) is 32.1 Å². The van der Waals surface area contributed by atoms with Gasteiger partial charge in [0.25, 0.3) is 0 Å². The molecule has 1 N–H and O–H groups in total. The van der Waals surface area contributed by atoms with Crippen molar-refractivity contribution in [3.8, 4) is 0 Å². The van der Waals surface area contributed by atoms with Crippen LogP contribution in [0.25, 0.3) is 0 Å². The molecular weight excluding hydrogens is 284 g/mol. The van der Waals surface area contributed by atoms with Gasteiger partial charge in [-0.1, -0.05) is 12.8 Å². The smallest absolute Gasteiger partial charge is 0.0223 e. The highest BCUT2D eigenvalue weighted by atomic mass is 127. The van der Waals surface area contributed by atoms with Crippen LogP contribution in [0.4, 0.5) is 0 Å². The van der Waals surface area contributed by atoms with Crippen molar-refractivity contribution in [3.05, 3.63) is 0 Å². The first kappa shape index (κ1) is 13.0. The lowest BCUT2D eigenvalue weighted by atomic mass is 9.93. The molecule has 1 rings (SSSR count). The maximum absolute atomic E-state index is 5.61. The molecule has 0 aliphatic carbocycles. The first-order valence-corrected chi connectivity index (χ1v) is 5.23. The van der Waals surface area contributed by atoms with E-state index in [-0.39, 0.29) is 24.0 Å². The van der Waals surface area contributed by atoms with Crippen LogP contribution in [0.2, 0.25) is 0 Å². The van der Waals surface area contributed by atoms with Gasteiger partial charge in [-0.2, -0.15) is 0 Å². The maximum Gasteiger partial charge on any atom is 0.0223 e. The Balaban J connectivity index is 0.00000121. The lowest BCUT2D eigenvalue weighted by Gasteiger charge is -2.22. The van der Waals surface area contributed by atoms with Crippen LogP contribution in [0, 0.1) is 5.92 Å². The molecule has 0 saturated carbocycles. The number of hydrogen-bond acceptors (Lipinski definition) is 1. The van der Waals surface area contributed by atoms with Crippen molar-refractivity contribution in [1.82, 2.24) is 5.32 Å². The summed E-state index contributed by atoms with van der Waals surface area (Å²) in [5, 5.41) is 3.38. The number of halogens is 2. The van der Waals surface area contributed by atoms with Crippen molar-refractivity contribution in [1.29, 1.82) is 0 Å². The van der Waals surface area contributed by atoms with Gasteiger partial charge in [0.15, 0.2) is 0 Å². The van der Waals surface area contributed by atoms with E-state index in [1.165, 1.54) is 45.2 Å². The lowest BCUT2D eigenvalue weighted by Crippen LogP contribution is -2.27. The minimum absolute atomic E-state index is 0. The molecule has 1 aliphatic rings. The molecule has 0 radical (unpaired) electrons. The third kappa shape index (κ3) is 5.60. The molecule has 0 spiro atoms. The van der Waals surface area contributed by atoms with Gasteiger partial charge in [-0.3, -0.25) is 0 Å². The number of hydrogen-bond donors (Lipinski definition) is 1. The van der Waals surface area contributed by atoms with Gasteiger partial charge in [0.2, 0.25) is 0 Å². The Morgan fingerprint density at radius 3 is 2.42 bits per heavy atom. The second-order valence-corrected chi connectivity index (χ2v) is 3.76. The first-order chi connectivity index (χ1) is 5.43. The SMILES string of the molecule is ClCCCCC1CCNCC1.I. The number of rotatable bonds is 4. The van der Waals surface area contributed by atoms with E-state index in [2.05, 4.69) is 5.32 Å².